The highest BCUT2D eigenvalue weighted by Crippen LogP contribution is 2.29. The fourth-order valence-corrected chi connectivity index (χ4v) is 5.33. The number of benzene rings is 1. The van der Waals surface area contributed by atoms with Crippen LogP contribution in [0.4, 0.5) is 14.5 Å². The Balaban J connectivity index is 1.30. The third-order valence-electron chi connectivity index (χ3n) is 6.18. The molecule has 1 aliphatic heterocycles. The Morgan fingerprint density at radius 2 is 1.91 bits per heavy atom. The van der Waals surface area contributed by atoms with Crippen molar-refractivity contribution in [1.82, 2.24) is 29.8 Å². The molecular weight excluding hydrogens is 472 g/mol. The lowest BCUT2D eigenvalue weighted by atomic mass is 9.98. The van der Waals surface area contributed by atoms with Crippen molar-refractivity contribution in [2.75, 3.05) is 18.0 Å². The van der Waals surface area contributed by atoms with Gasteiger partial charge < -0.3 is 9.47 Å². The molecule has 0 amide bonds. The molecule has 0 radical (unpaired) electrons. The lowest BCUT2D eigenvalue weighted by Gasteiger charge is -2.32. The number of carbonyl (C=O) groups excluding carboxylic acids is 1. The highest BCUT2D eigenvalue weighted by atomic mass is 32.2. The van der Waals surface area contributed by atoms with Crippen LogP contribution in [-0.4, -0.2) is 53.2 Å². The van der Waals surface area contributed by atoms with Crippen LogP contribution in [0.15, 0.2) is 43.0 Å². The SMILES string of the molecule is CC(C)SC(=O)C1CCN(c2cnc(Cn3ccc4cc(-n5cnnn5)cc(F)c43)c(F)c2)CC1. The van der Waals surface area contributed by atoms with E-state index in [2.05, 4.69) is 25.4 Å². The second-order valence-corrected chi connectivity index (χ2v) is 10.5. The highest BCUT2D eigenvalue weighted by molar-refractivity contribution is 8.14. The van der Waals surface area contributed by atoms with Crippen molar-refractivity contribution in [2.24, 2.45) is 5.92 Å². The molecule has 1 aromatic carbocycles. The van der Waals surface area contributed by atoms with Gasteiger partial charge in [0.1, 0.15) is 18.0 Å². The first-order valence-electron chi connectivity index (χ1n) is 11.5. The molecule has 0 spiro atoms. The van der Waals surface area contributed by atoms with Crippen molar-refractivity contribution in [1.29, 1.82) is 0 Å². The summed E-state index contributed by atoms with van der Waals surface area (Å²) in [6, 6.07) is 6.36. The van der Waals surface area contributed by atoms with E-state index < -0.39 is 11.6 Å². The van der Waals surface area contributed by atoms with E-state index in [1.807, 2.05) is 13.8 Å². The molecule has 0 aliphatic carbocycles. The van der Waals surface area contributed by atoms with Crippen LogP contribution in [-0.2, 0) is 11.3 Å². The average Bonchev–Trinajstić information content (AvgIpc) is 3.51. The number of thioether (sulfide) groups is 1. The summed E-state index contributed by atoms with van der Waals surface area (Å²) in [6.45, 7) is 5.51. The fraction of sp³-hybridized carbons (Fsp3) is 0.375. The van der Waals surface area contributed by atoms with Gasteiger partial charge in [0.05, 0.1) is 35.3 Å². The summed E-state index contributed by atoms with van der Waals surface area (Å²) in [5, 5.41) is 12.1. The van der Waals surface area contributed by atoms with E-state index in [1.54, 1.807) is 29.1 Å². The summed E-state index contributed by atoms with van der Waals surface area (Å²) < 4.78 is 33.0. The molecule has 182 valence electrons. The topological polar surface area (TPSA) is 81.7 Å². The van der Waals surface area contributed by atoms with E-state index in [4.69, 9.17) is 0 Å². The number of hydrogen-bond acceptors (Lipinski definition) is 7. The summed E-state index contributed by atoms with van der Waals surface area (Å²) in [5.41, 5.74) is 1.79. The Bertz CT molecular complexity index is 1350. The number of hydrogen-bond donors (Lipinski definition) is 0. The van der Waals surface area contributed by atoms with Crippen molar-refractivity contribution in [3.05, 3.63) is 60.3 Å². The zero-order chi connectivity index (χ0) is 24.5. The van der Waals surface area contributed by atoms with E-state index in [-0.39, 0.29) is 28.5 Å². The number of tetrazole rings is 1. The van der Waals surface area contributed by atoms with Gasteiger partial charge in [-0.15, -0.1) is 5.10 Å². The first-order chi connectivity index (χ1) is 16.9. The van der Waals surface area contributed by atoms with E-state index in [1.165, 1.54) is 34.9 Å². The first-order valence-corrected chi connectivity index (χ1v) is 12.4. The number of nitrogens with zero attached hydrogens (tertiary/aromatic N) is 7. The maximum absolute atomic E-state index is 15.0. The largest absolute Gasteiger partial charge is 0.370 e. The average molecular weight is 498 g/mol. The summed E-state index contributed by atoms with van der Waals surface area (Å²) in [5.74, 6) is -0.847. The third-order valence-corrected chi connectivity index (χ3v) is 7.22. The molecule has 1 aliphatic rings. The van der Waals surface area contributed by atoms with Gasteiger partial charge in [-0.25, -0.2) is 13.5 Å². The zero-order valence-corrected chi connectivity index (χ0v) is 20.3. The predicted octanol–water partition coefficient (Wildman–Crippen LogP) is 4.22. The van der Waals surface area contributed by atoms with Crippen LogP contribution < -0.4 is 4.90 Å². The lowest BCUT2D eigenvalue weighted by molar-refractivity contribution is -0.114. The minimum Gasteiger partial charge on any atom is -0.370 e. The maximum atomic E-state index is 15.0. The number of fused-ring (bicyclic) bond motifs is 1. The molecule has 35 heavy (non-hydrogen) atoms. The van der Waals surface area contributed by atoms with Crippen molar-refractivity contribution >= 4 is 33.5 Å². The monoisotopic (exact) mass is 497 g/mol. The van der Waals surface area contributed by atoms with E-state index in [9.17, 15) is 9.18 Å². The van der Waals surface area contributed by atoms with Crippen molar-refractivity contribution in [3.63, 3.8) is 0 Å². The molecule has 3 aromatic heterocycles. The Morgan fingerprint density at radius 1 is 1.14 bits per heavy atom. The van der Waals surface area contributed by atoms with Gasteiger partial charge in [-0.3, -0.25) is 9.78 Å². The molecule has 0 bridgehead atoms. The summed E-state index contributed by atoms with van der Waals surface area (Å²) >= 11 is 1.40. The summed E-state index contributed by atoms with van der Waals surface area (Å²) in [6.07, 6.45) is 6.26. The Kier molecular flexibility index (Phi) is 6.50. The summed E-state index contributed by atoms with van der Waals surface area (Å²) in [7, 11) is 0. The molecule has 0 saturated carbocycles. The van der Waals surface area contributed by atoms with Gasteiger partial charge in [0.25, 0.3) is 0 Å². The zero-order valence-electron chi connectivity index (χ0n) is 19.4. The number of pyridine rings is 1. The standard InChI is InChI=1S/C24H25F2N7OS/c1-15(2)35-24(34)16-3-6-31(7-4-16)19-11-20(25)22(27-12-19)13-32-8-5-17-9-18(10-21(26)23(17)32)33-14-28-29-30-33/h5,8-12,14-16H,3-4,6-7,13H2,1-2H3. The van der Waals surface area contributed by atoms with Crippen molar-refractivity contribution < 1.29 is 13.6 Å². The molecule has 0 atom stereocenters. The van der Waals surface area contributed by atoms with Gasteiger partial charge >= 0.3 is 0 Å². The van der Waals surface area contributed by atoms with Gasteiger partial charge in [-0.2, -0.15) is 0 Å². The molecule has 11 heteroatoms. The van der Waals surface area contributed by atoms with Crippen molar-refractivity contribution in [2.45, 2.75) is 38.5 Å². The Hall–Kier alpha value is -3.34. The molecule has 5 rings (SSSR count). The fourth-order valence-electron chi connectivity index (χ4n) is 4.43. The molecule has 4 heterocycles. The van der Waals surface area contributed by atoms with Crippen LogP contribution in [0.25, 0.3) is 16.6 Å². The van der Waals surface area contributed by atoms with Crippen LogP contribution in [0.5, 0.6) is 0 Å². The van der Waals surface area contributed by atoms with Crippen LogP contribution in [0.3, 0.4) is 0 Å². The van der Waals surface area contributed by atoms with Crippen LogP contribution >= 0.6 is 11.8 Å². The maximum Gasteiger partial charge on any atom is 0.192 e. The predicted molar refractivity (Wildman–Crippen MR) is 131 cm³/mol. The summed E-state index contributed by atoms with van der Waals surface area (Å²) in [4.78, 5) is 18.7. The van der Waals surface area contributed by atoms with Crippen LogP contribution in [0, 0.1) is 17.6 Å². The quantitative estimate of drug-likeness (QED) is 0.394. The van der Waals surface area contributed by atoms with Crippen molar-refractivity contribution in [3.8, 4) is 5.69 Å². The second-order valence-electron chi connectivity index (χ2n) is 8.93. The number of anilines is 1. The van der Waals surface area contributed by atoms with Gasteiger partial charge in [0.15, 0.2) is 5.12 Å². The molecule has 8 nitrogen and oxygen atoms in total. The third kappa shape index (κ3) is 4.90. The molecule has 0 unspecified atom stereocenters. The van der Waals surface area contributed by atoms with Gasteiger partial charge in [-0.05, 0) is 35.4 Å². The number of carbonyl (C=O) groups is 1. The number of rotatable bonds is 6. The van der Waals surface area contributed by atoms with Gasteiger partial charge in [0.2, 0.25) is 0 Å². The van der Waals surface area contributed by atoms with E-state index in [0.29, 0.717) is 35.4 Å². The second kappa shape index (κ2) is 9.73. The molecule has 4 aromatic rings. The molecule has 1 fully saturated rings. The normalized spacial score (nSPS) is 14.8. The molecular formula is C24H25F2N7OS. The highest BCUT2D eigenvalue weighted by Gasteiger charge is 2.26. The molecule has 1 saturated heterocycles. The van der Waals surface area contributed by atoms with Gasteiger partial charge in [0, 0.05) is 48.0 Å². The number of aromatic nitrogens is 6. The smallest absolute Gasteiger partial charge is 0.192 e. The number of halogens is 2. The minimum absolute atomic E-state index is 0.0500. The first kappa shape index (κ1) is 23.4. The van der Waals surface area contributed by atoms with E-state index in [0.717, 1.165) is 12.8 Å². The van der Waals surface area contributed by atoms with Crippen LogP contribution in [0.1, 0.15) is 32.4 Å². The number of piperidine rings is 1. The lowest BCUT2D eigenvalue weighted by Crippen LogP contribution is -2.36. The van der Waals surface area contributed by atoms with Gasteiger partial charge in [-0.1, -0.05) is 25.6 Å². The Labute approximate surface area is 205 Å². The van der Waals surface area contributed by atoms with E-state index >= 15 is 4.39 Å². The Morgan fingerprint density at radius 3 is 2.60 bits per heavy atom. The minimum atomic E-state index is -0.455. The van der Waals surface area contributed by atoms with Crippen LogP contribution in [0.2, 0.25) is 0 Å². The molecule has 0 N–H and O–H groups in total.